The van der Waals surface area contributed by atoms with E-state index in [-0.39, 0.29) is 23.8 Å². The first-order valence-electron chi connectivity index (χ1n) is 10.9. The number of hydrogen-bond acceptors (Lipinski definition) is 4. The number of pyridine rings is 1. The van der Waals surface area contributed by atoms with E-state index in [1.165, 1.54) is 0 Å². The number of carbonyl (C=O) groups is 2. The number of hydrogen-bond donors (Lipinski definition) is 1. The molecule has 1 saturated carbocycles. The van der Waals surface area contributed by atoms with Crippen LogP contribution in [0.25, 0.3) is 0 Å². The number of alkyl halides is 1. The largest absolute Gasteiger partial charge is 0.359 e. The summed E-state index contributed by atoms with van der Waals surface area (Å²) < 4.78 is 0. The van der Waals surface area contributed by atoms with Gasteiger partial charge < -0.3 is 10.2 Å². The highest BCUT2D eigenvalue weighted by Gasteiger charge is 2.42. The Labute approximate surface area is 202 Å². The Morgan fingerprint density at radius 3 is 2.75 bits per heavy atom. The van der Waals surface area contributed by atoms with E-state index in [4.69, 9.17) is 12.2 Å². The summed E-state index contributed by atoms with van der Waals surface area (Å²) in [5.74, 6) is 0.0119. The van der Waals surface area contributed by atoms with Crippen molar-refractivity contribution in [2.45, 2.75) is 43.1 Å². The fraction of sp³-hybridized carbons (Fsp3) is 0.417. The number of amides is 2. The molecule has 1 aromatic carbocycles. The second-order valence-corrected chi connectivity index (χ2v) is 10.2. The van der Waals surface area contributed by atoms with Crippen LogP contribution in [0.3, 0.4) is 0 Å². The minimum atomic E-state index is -0.0478. The molecule has 1 N–H and O–H groups in total. The van der Waals surface area contributed by atoms with Gasteiger partial charge in [-0.2, -0.15) is 0 Å². The summed E-state index contributed by atoms with van der Waals surface area (Å²) in [7, 11) is 1.80. The number of thiocarbonyl (C=S) groups is 1. The van der Waals surface area contributed by atoms with Crippen molar-refractivity contribution in [3.8, 4) is 0 Å². The van der Waals surface area contributed by atoms with E-state index >= 15 is 0 Å². The number of nitrogens with zero attached hydrogens (tertiary/aromatic N) is 3. The maximum Gasteiger partial charge on any atom is 0.253 e. The molecular weight excluding hydrogens is 488 g/mol. The molecule has 3 atom stereocenters. The van der Waals surface area contributed by atoms with Crippen LogP contribution in [0.15, 0.2) is 48.7 Å². The molecule has 2 aliphatic rings. The van der Waals surface area contributed by atoms with Crippen LogP contribution in [0.5, 0.6) is 0 Å². The highest BCUT2D eigenvalue weighted by molar-refractivity contribution is 9.09. The summed E-state index contributed by atoms with van der Waals surface area (Å²) >= 11 is 9.15. The Kier molecular flexibility index (Phi) is 7.20. The van der Waals surface area contributed by atoms with Crippen LogP contribution in [0.4, 0.5) is 0 Å². The summed E-state index contributed by atoms with van der Waals surface area (Å²) in [6.45, 7) is 1.00. The lowest BCUT2D eigenvalue weighted by atomic mass is 9.82. The normalized spacial score (nSPS) is 22.8. The zero-order valence-corrected chi connectivity index (χ0v) is 20.4. The lowest BCUT2D eigenvalue weighted by molar-refractivity contribution is -0.135. The lowest BCUT2D eigenvalue weighted by Crippen LogP contribution is -2.61. The fourth-order valence-electron chi connectivity index (χ4n) is 4.34. The summed E-state index contributed by atoms with van der Waals surface area (Å²) in [6.07, 6.45) is 5.30. The predicted octanol–water partition coefficient (Wildman–Crippen LogP) is 3.55. The fourth-order valence-corrected chi connectivity index (χ4v) is 5.31. The zero-order valence-electron chi connectivity index (χ0n) is 18.0. The molecule has 2 fully saturated rings. The second kappa shape index (κ2) is 10.1. The summed E-state index contributed by atoms with van der Waals surface area (Å²) in [5, 5.41) is 3.86. The second-order valence-electron chi connectivity index (χ2n) is 8.49. The molecule has 3 unspecified atom stereocenters. The number of aromatic nitrogens is 1. The van der Waals surface area contributed by atoms with Gasteiger partial charge in [0.15, 0.2) is 5.11 Å². The Bertz CT molecular complexity index is 985. The first kappa shape index (κ1) is 22.9. The van der Waals surface area contributed by atoms with Gasteiger partial charge >= 0.3 is 0 Å². The minimum absolute atomic E-state index is 0.0351. The molecule has 168 valence electrons. The summed E-state index contributed by atoms with van der Waals surface area (Å²) in [5.41, 5.74) is 2.53. The van der Waals surface area contributed by atoms with Gasteiger partial charge in [-0.25, -0.2) is 0 Å². The van der Waals surface area contributed by atoms with Gasteiger partial charge in [-0.3, -0.25) is 19.5 Å². The molecule has 0 bridgehead atoms. The van der Waals surface area contributed by atoms with E-state index in [0.29, 0.717) is 35.0 Å². The van der Waals surface area contributed by atoms with Crippen molar-refractivity contribution >= 4 is 45.1 Å². The van der Waals surface area contributed by atoms with Gasteiger partial charge in [0.1, 0.15) is 0 Å². The summed E-state index contributed by atoms with van der Waals surface area (Å²) in [6, 6.07) is 13.4. The first-order chi connectivity index (χ1) is 15.4. The van der Waals surface area contributed by atoms with Crippen molar-refractivity contribution in [1.29, 1.82) is 0 Å². The number of carbonyl (C=O) groups excluding carboxylic acids is 2. The average Bonchev–Trinajstić information content (AvgIpc) is 2.81. The lowest BCUT2D eigenvalue weighted by Gasteiger charge is -2.43. The van der Waals surface area contributed by atoms with E-state index in [9.17, 15) is 9.59 Å². The molecule has 0 radical (unpaired) electrons. The number of nitrogens with one attached hydrogen (secondary N) is 1. The zero-order chi connectivity index (χ0) is 22.7. The smallest absolute Gasteiger partial charge is 0.253 e. The van der Waals surface area contributed by atoms with E-state index in [1.54, 1.807) is 23.0 Å². The third-order valence-corrected chi connectivity index (χ3v) is 7.41. The van der Waals surface area contributed by atoms with Gasteiger partial charge in [-0.1, -0.05) is 34.1 Å². The van der Waals surface area contributed by atoms with Crippen molar-refractivity contribution in [3.63, 3.8) is 0 Å². The molecule has 4 rings (SSSR count). The van der Waals surface area contributed by atoms with Gasteiger partial charge in [-0.05, 0) is 61.3 Å². The number of likely N-dealkylation sites (N-methyl/N-ethyl adjacent to an activating group) is 1. The van der Waals surface area contributed by atoms with E-state index in [2.05, 4.69) is 26.2 Å². The number of benzene rings is 1. The van der Waals surface area contributed by atoms with E-state index in [1.807, 2.05) is 42.5 Å². The number of rotatable bonds is 6. The van der Waals surface area contributed by atoms with Gasteiger partial charge in [0.05, 0.1) is 12.5 Å². The van der Waals surface area contributed by atoms with Crippen molar-refractivity contribution < 1.29 is 9.59 Å². The van der Waals surface area contributed by atoms with E-state index < -0.39 is 0 Å². The van der Waals surface area contributed by atoms with Crippen molar-refractivity contribution in [3.05, 3.63) is 65.5 Å². The van der Waals surface area contributed by atoms with Crippen LogP contribution in [0, 0.1) is 5.92 Å². The summed E-state index contributed by atoms with van der Waals surface area (Å²) in [4.78, 5) is 33.9. The van der Waals surface area contributed by atoms with Crippen LogP contribution in [-0.2, 0) is 17.8 Å². The highest BCUT2D eigenvalue weighted by Crippen LogP contribution is 2.33. The van der Waals surface area contributed by atoms with Crippen LogP contribution >= 0.6 is 28.1 Å². The number of halogens is 1. The molecule has 2 amide bonds. The predicted molar refractivity (Wildman–Crippen MR) is 131 cm³/mol. The molecule has 1 aliphatic carbocycles. The number of fused-ring (bicyclic) bond motifs is 1. The van der Waals surface area contributed by atoms with Gasteiger partial charge in [0.25, 0.3) is 5.91 Å². The first-order valence-corrected chi connectivity index (χ1v) is 12.2. The van der Waals surface area contributed by atoms with Crippen LogP contribution in [-0.4, -0.2) is 56.2 Å². The third kappa shape index (κ3) is 5.18. The molecule has 8 heteroatoms. The Hall–Kier alpha value is -2.32. The van der Waals surface area contributed by atoms with Crippen molar-refractivity contribution in [2.75, 3.05) is 13.6 Å². The average molecular weight is 515 g/mol. The standard InChI is InChI=1S/C24H27BrN4O2S/c1-28(13-11-19-4-2-3-12-26-19)22(30)17-7-5-16(6-8-17)15-29-23(31)20-14-18(25)9-10-21(20)27-24(29)32/h2-8,12,18,20-21H,9-11,13-15H2,1H3,(H,27,32). The molecule has 1 aromatic heterocycles. The van der Waals surface area contributed by atoms with Gasteiger partial charge in [0.2, 0.25) is 5.91 Å². The third-order valence-electron chi connectivity index (χ3n) is 6.24. The molecule has 2 aromatic rings. The molecule has 2 heterocycles. The minimum Gasteiger partial charge on any atom is -0.359 e. The maximum atomic E-state index is 13.1. The van der Waals surface area contributed by atoms with E-state index in [0.717, 1.165) is 30.5 Å². The van der Waals surface area contributed by atoms with Crippen molar-refractivity contribution in [2.24, 2.45) is 5.92 Å². The highest BCUT2D eigenvalue weighted by atomic mass is 79.9. The molecule has 1 aliphatic heterocycles. The Balaban J connectivity index is 1.36. The Morgan fingerprint density at radius 2 is 2.03 bits per heavy atom. The van der Waals surface area contributed by atoms with Gasteiger partial charge in [-0.15, -0.1) is 0 Å². The van der Waals surface area contributed by atoms with Gasteiger partial charge in [0, 0.05) is 48.3 Å². The SMILES string of the molecule is CN(CCc1ccccn1)C(=O)c1ccc(CN2C(=O)C3CC(Br)CCC3NC2=S)cc1. The quantitative estimate of drug-likeness (QED) is 0.471. The monoisotopic (exact) mass is 514 g/mol. The van der Waals surface area contributed by atoms with Crippen LogP contribution in [0.2, 0.25) is 0 Å². The molecular formula is C24H27BrN4O2S. The Morgan fingerprint density at radius 1 is 1.25 bits per heavy atom. The topological polar surface area (TPSA) is 65.5 Å². The van der Waals surface area contributed by atoms with Crippen LogP contribution < -0.4 is 5.32 Å². The molecule has 32 heavy (non-hydrogen) atoms. The molecule has 1 saturated heterocycles. The van der Waals surface area contributed by atoms with Crippen molar-refractivity contribution in [1.82, 2.24) is 20.1 Å². The molecule has 6 nitrogen and oxygen atoms in total. The maximum absolute atomic E-state index is 13.1. The van der Waals surface area contributed by atoms with Crippen LogP contribution in [0.1, 0.15) is 40.9 Å². The molecule has 0 spiro atoms.